The van der Waals surface area contributed by atoms with E-state index in [2.05, 4.69) is 4.98 Å². The third kappa shape index (κ3) is 5.29. The molecule has 0 saturated heterocycles. The van der Waals surface area contributed by atoms with Crippen molar-refractivity contribution in [2.75, 3.05) is 0 Å². The number of carbonyl (C=O) groups excluding carboxylic acids is 2. The third-order valence-corrected chi connectivity index (χ3v) is 4.89. The molecular formula is C20H10F7NNa2O6. The molecule has 2 heterocycles. The third-order valence-electron chi connectivity index (χ3n) is 4.89. The standard InChI is InChI=1S/C20H12F7NO6.2Na/c1-2-3-7-14-8(4-9-12(29)6-13(17(32)33)34-15(7)9)10(5-11(28-14)16(30)31)18(21,22)19(23,24)20(25,26)27;;/h4-6H,2-3H2,1H3,(H,30,31)(H,32,33);;/q;2*+1/p-2. The van der Waals surface area contributed by atoms with E-state index >= 15 is 0 Å². The summed E-state index contributed by atoms with van der Waals surface area (Å²) in [5, 5.41) is 20.7. The average molecular weight is 539 g/mol. The van der Waals surface area contributed by atoms with Crippen LogP contribution >= 0.6 is 0 Å². The molecule has 0 N–H and O–H groups in total. The van der Waals surface area contributed by atoms with Crippen LogP contribution in [0.3, 0.4) is 0 Å². The number of pyridine rings is 1. The van der Waals surface area contributed by atoms with Crippen LogP contribution in [-0.4, -0.2) is 29.0 Å². The molecule has 0 aliphatic carbocycles. The molecule has 16 heteroatoms. The Morgan fingerprint density at radius 1 is 0.944 bits per heavy atom. The van der Waals surface area contributed by atoms with Gasteiger partial charge >= 0.3 is 77.1 Å². The Morgan fingerprint density at radius 2 is 1.53 bits per heavy atom. The smallest absolute Gasteiger partial charge is 0.543 e. The van der Waals surface area contributed by atoms with Crippen LogP contribution in [0.1, 0.15) is 45.5 Å². The molecule has 0 fully saturated rings. The Hall–Kier alpha value is -1.71. The summed E-state index contributed by atoms with van der Waals surface area (Å²) in [7, 11) is 0. The number of rotatable bonds is 6. The van der Waals surface area contributed by atoms with Crippen LogP contribution in [-0.2, 0) is 12.3 Å². The van der Waals surface area contributed by atoms with Gasteiger partial charge in [-0.15, -0.1) is 0 Å². The van der Waals surface area contributed by atoms with Crippen LogP contribution in [0.5, 0.6) is 0 Å². The number of hydrogen-bond acceptors (Lipinski definition) is 7. The van der Waals surface area contributed by atoms with Gasteiger partial charge in [-0.05, 0) is 18.6 Å². The largest absolute Gasteiger partial charge is 1.00 e. The molecule has 1 aromatic carbocycles. The van der Waals surface area contributed by atoms with Gasteiger partial charge in [0.25, 0.3) is 0 Å². The summed E-state index contributed by atoms with van der Waals surface area (Å²) in [4.78, 5) is 38.4. The van der Waals surface area contributed by atoms with Crippen LogP contribution in [0, 0.1) is 0 Å². The second-order valence-electron chi connectivity index (χ2n) is 7.13. The number of aryl methyl sites for hydroxylation is 1. The van der Waals surface area contributed by atoms with Crippen LogP contribution in [0.4, 0.5) is 30.7 Å². The van der Waals surface area contributed by atoms with Gasteiger partial charge in [-0.25, -0.2) is 4.98 Å². The predicted molar refractivity (Wildman–Crippen MR) is 95.3 cm³/mol. The zero-order valence-corrected chi connectivity index (χ0v) is 22.7. The van der Waals surface area contributed by atoms with Crippen molar-refractivity contribution < 1.29 is 114 Å². The van der Waals surface area contributed by atoms with Gasteiger partial charge in [-0.1, -0.05) is 13.3 Å². The molecular weight excluding hydrogens is 529 g/mol. The number of benzene rings is 1. The number of carboxylic acid groups (broad SMARTS) is 2. The van der Waals surface area contributed by atoms with Crippen LogP contribution in [0.15, 0.2) is 27.4 Å². The molecule has 0 bridgehead atoms. The summed E-state index contributed by atoms with van der Waals surface area (Å²) in [6.45, 7) is 1.50. The maximum Gasteiger partial charge on any atom is 1.00 e. The molecule has 36 heavy (non-hydrogen) atoms. The Morgan fingerprint density at radius 3 is 2.00 bits per heavy atom. The van der Waals surface area contributed by atoms with E-state index in [0.717, 1.165) is 0 Å². The minimum absolute atomic E-state index is 0. The van der Waals surface area contributed by atoms with Gasteiger partial charge in [-0.3, -0.25) is 4.79 Å². The fourth-order valence-electron chi connectivity index (χ4n) is 3.34. The van der Waals surface area contributed by atoms with Crippen LogP contribution < -0.4 is 74.8 Å². The number of halogens is 7. The molecule has 0 radical (unpaired) electrons. The van der Waals surface area contributed by atoms with E-state index in [0.29, 0.717) is 12.1 Å². The second kappa shape index (κ2) is 11.0. The van der Waals surface area contributed by atoms with Crippen molar-refractivity contribution in [3.8, 4) is 0 Å². The first-order valence-electron chi connectivity index (χ1n) is 9.24. The average Bonchev–Trinajstić information content (AvgIpc) is 2.72. The van der Waals surface area contributed by atoms with Gasteiger partial charge in [0.1, 0.15) is 11.6 Å². The molecule has 0 aliphatic heterocycles. The van der Waals surface area contributed by atoms with Gasteiger partial charge in [0.2, 0.25) is 0 Å². The van der Waals surface area contributed by atoms with Crippen molar-refractivity contribution in [2.24, 2.45) is 0 Å². The number of aromatic nitrogens is 1. The first-order valence-corrected chi connectivity index (χ1v) is 9.24. The Kier molecular flexibility index (Phi) is 9.83. The molecule has 0 unspecified atom stereocenters. The van der Waals surface area contributed by atoms with Crippen molar-refractivity contribution in [2.45, 2.75) is 37.8 Å². The summed E-state index contributed by atoms with van der Waals surface area (Å²) < 4.78 is 101. The first-order chi connectivity index (χ1) is 15.5. The molecule has 0 aliphatic rings. The Balaban J connectivity index is 0.00000324. The van der Waals surface area contributed by atoms with E-state index in [1.807, 2.05) is 0 Å². The van der Waals surface area contributed by atoms with Crippen LogP contribution in [0.2, 0.25) is 0 Å². The SMILES string of the molecule is CCCc1c2nc(C(=O)[O-])cc(C(F)(F)C(F)(F)C(F)(F)F)c2cc2c(=O)cc(C(=O)[O-])oc12.[Na+].[Na+]. The molecule has 0 atom stereocenters. The summed E-state index contributed by atoms with van der Waals surface area (Å²) >= 11 is 0. The molecule has 0 amide bonds. The van der Waals surface area contributed by atoms with Crippen molar-refractivity contribution >= 4 is 33.8 Å². The van der Waals surface area contributed by atoms with Crippen molar-refractivity contribution in [3.63, 3.8) is 0 Å². The molecule has 0 spiro atoms. The first kappa shape index (κ1) is 32.3. The minimum atomic E-state index is -6.74. The summed E-state index contributed by atoms with van der Waals surface area (Å²) in [5.41, 5.74) is -6.41. The molecule has 7 nitrogen and oxygen atoms in total. The van der Waals surface area contributed by atoms with Gasteiger partial charge in [0.05, 0.1) is 22.6 Å². The monoisotopic (exact) mass is 539 g/mol. The number of alkyl halides is 7. The van der Waals surface area contributed by atoms with E-state index in [9.17, 15) is 55.3 Å². The molecule has 0 saturated carbocycles. The Labute approximate surface area is 240 Å². The summed E-state index contributed by atoms with van der Waals surface area (Å²) in [6, 6.07) is 0.650. The predicted octanol–water partition coefficient (Wildman–Crippen LogP) is -3.68. The van der Waals surface area contributed by atoms with E-state index in [4.69, 9.17) is 4.42 Å². The van der Waals surface area contributed by atoms with Gasteiger partial charge < -0.3 is 24.2 Å². The van der Waals surface area contributed by atoms with Crippen molar-refractivity contribution in [1.82, 2.24) is 4.98 Å². The number of carboxylic acids is 2. The van der Waals surface area contributed by atoms with Crippen molar-refractivity contribution in [3.05, 3.63) is 51.0 Å². The fraction of sp³-hybridized carbons (Fsp3) is 0.300. The Bertz CT molecular complexity index is 1410. The molecule has 3 rings (SSSR count). The molecule has 3 aromatic rings. The zero-order valence-electron chi connectivity index (χ0n) is 18.7. The van der Waals surface area contributed by atoms with E-state index in [-0.39, 0.29) is 83.6 Å². The normalized spacial score (nSPS) is 12.2. The topological polar surface area (TPSA) is 123 Å². The quantitative estimate of drug-likeness (QED) is 0.180. The van der Waals surface area contributed by atoms with E-state index in [1.165, 1.54) is 6.92 Å². The van der Waals surface area contributed by atoms with Gasteiger partial charge in [0.15, 0.2) is 11.2 Å². The number of aromatic carboxylic acids is 2. The summed E-state index contributed by atoms with van der Waals surface area (Å²) in [6.07, 6.45) is -6.87. The maximum atomic E-state index is 14.7. The number of hydrogen-bond donors (Lipinski definition) is 0. The number of carbonyl (C=O) groups is 2. The molecule has 182 valence electrons. The second-order valence-corrected chi connectivity index (χ2v) is 7.13. The minimum Gasteiger partial charge on any atom is -0.543 e. The van der Waals surface area contributed by atoms with E-state index in [1.54, 1.807) is 0 Å². The van der Waals surface area contributed by atoms with Crippen molar-refractivity contribution in [1.29, 1.82) is 0 Å². The summed E-state index contributed by atoms with van der Waals surface area (Å²) in [5.74, 6) is -17.9. The fourth-order valence-corrected chi connectivity index (χ4v) is 3.34. The molecule has 2 aromatic heterocycles. The number of fused-ring (bicyclic) bond motifs is 2. The maximum absolute atomic E-state index is 14.7. The van der Waals surface area contributed by atoms with Crippen LogP contribution in [0.25, 0.3) is 21.9 Å². The van der Waals surface area contributed by atoms with Gasteiger partial charge in [-0.2, -0.15) is 30.7 Å². The number of nitrogens with zero attached hydrogens (tertiary/aromatic N) is 1. The zero-order chi connectivity index (χ0) is 25.8. The van der Waals surface area contributed by atoms with E-state index < -0.39 is 74.3 Å². The van der Waals surface area contributed by atoms with Gasteiger partial charge in [0, 0.05) is 22.6 Å².